The molecule has 1 N–H and O–H groups in total. The van der Waals surface area contributed by atoms with Gasteiger partial charge in [0, 0.05) is 44.0 Å². The molecule has 0 saturated carbocycles. The first-order valence-electron chi connectivity index (χ1n) is 9.27. The molecule has 1 amide bonds. The summed E-state index contributed by atoms with van der Waals surface area (Å²) in [5, 5.41) is 2.92. The fourth-order valence-corrected chi connectivity index (χ4v) is 3.88. The largest absolute Gasteiger partial charge is 0.492 e. The summed E-state index contributed by atoms with van der Waals surface area (Å²) >= 11 is 0. The lowest BCUT2D eigenvalue weighted by Gasteiger charge is -2.16. The highest BCUT2D eigenvalue weighted by Gasteiger charge is 2.22. The maximum atomic E-state index is 12.1. The van der Waals surface area contributed by atoms with E-state index in [2.05, 4.69) is 10.3 Å². The van der Waals surface area contributed by atoms with Crippen LogP contribution in [0.15, 0.2) is 42.7 Å². The second kappa shape index (κ2) is 9.16. The van der Waals surface area contributed by atoms with E-state index < -0.39 is 10.0 Å². The van der Waals surface area contributed by atoms with Gasteiger partial charge >= 0.3 is 0 Å². The van der Waals surface area contributed by atoms with Crippen molar-refractivity contribution in [1.29, 1.82) is 0 Å². The molecule has 0 radical (unpaired) electrons. The van der Waals surface area contributed by atoms with E-state index in [0.29, 0.717) is 44.8 Å². The van der Waals surface area contributed by atoms with Crippen LogP contribution in [0.1, 0.15) is 23.1 Å². The minimum absolute atomic E-state index is 0.00662. The lowest BCUT2D eigenvalue weighted by Crippen LogP contribution is -2.31. The molecule has 28 heavy (non-hydrogen) atoms. The van der Waals surface area contributed by atoms with Gasteiger partial charge in [0.25, 0.3) is 0 Å². The van der Waals surface area contributed by atoms with Crippen molar-refractivity contribution in [1.82, 2.24) is 14.6 Å². The highest BCUT2D eigenvalue weighted by atomic mass is 32.2. The molecule has 1 aliphatic heterocycles. The van der Waals surface area contributed by atoms with Crippen molar-refractivity contribution in [2.24, 2.45) is 0 Å². The molecule has 2 aromatic rings. The van der Waals surface area contributed by atoms with Gasteiger partial charge in [0.1, 0.15) is 12.4 Å². The second-order valence-electron chi connectivity index (χ2n) is 6.85. The molecule has 8 heteroatoms. The number of carbonyl (C=O) groups is 1. The zero-order valence-corrected chi connectivity index (χ0v) is 16.7. The summed E-state index contributed by atoms with van der Waals surface area (Å²) in [5.74, 6) is 0.698. The Morgan fingerprint density at radius 2 is 2.11 bits per heavy atom. The number of ether oxygens (including phenoxy) is 1. The van der Waals surface area contributed by atoms with Crippen LogP contribution in [0.25, 0.3) is 0 Å². The van der Waals surface area contributed by atoms with Gasteiger partial charge < -0.3 is 10.1 Å². The third kappa shape index (κ3) is 5.77. The Hall–Kier alpha value is -2.45. The third-order valence-corrected chi connectivity index (χ3v) is 5.89. The Morgan fingerprint density at radius 1 is 1.25 bits per heavy atom. The summed E-state index contributed by atoms with van der Waals surface area (Å²) in [6, 6.07) is 9.58. The monoisotopic (exact) mass is 403 g/mol. The smallest absolute Gasteiger partial charge is 0.220 e. The number of rotatable bonds is 7. The minimum atomic E-state index is -3.28. The minimum Gasteiger partial charge on any atom is -0.492 e. The lowest BCUT2D eigenvalue weighted by molar-refractivity contribution is -0.121. The zero-order valence-electron chi connectivity index (χ0n) is 15.9. The summed E-state index contributed by atoms with van der Waals surface area (Å²) in [4.78, 5) is 16.2. The Bertz CT molecular complexity index is 916. The topological polar surface area (TPSA) is 88.6 Å². The fraction of sp³-hybridized carbons (Fsp3) is 0.400. The molecular weight excluding hydrogens is 378 g/mol. The Balaban J connectivity index is 1.52. The van der Waals surface area contributed by atoms with E-state index in [1.165, 1.54) is 10.6 Å². The first-order valence-corrected chi connectivity index (χ1v) is 11.1. The molecule has 150 valence electrons. The van der Waals surface area contributed by atoms with Gasteiger partial charge in [-0.3, -0.25) is 9.78 Å². The number of hydrogen-bond acceptors (Lipinski definition) is 5. The average molecular weight is 404 g/mol. The lowest BCUT2D eigenvalue weighted by atomic mass is 10.0. The number of benzene rings is 1. The number of nitrogens with one attached hydrogen (secondary N) is 1. The van der Waals surface area contributed by atoms with Crippen LogP contribution in [0.4, 0.5) is 0 Å². The van der Waals surface area contributed by atoms with Crippen LogP contribution in [0.2, 0.25) is 0 Å². The number of aryl methyl sites for hydroxylation is 1. The summed E-state index contributed by atoms with van der Waals surface area (Å²) in [5.41, 5.74) is 2.90. The van der Waals surface area contributed by atoms with Crippen molar-refractivity contribution in [3.63, 3.8) is 0 Å². The molecule has 1 aliphatic rings. The maximum absolute atomic E-state index is 12.1. The molecule has 3 rings (SSSR count). The number of carbonyl (C=O) groups excluding carboxylic acids is 1. The number of amides is 1. The average Bonchev–Trinajstić information content (AvgIpc) is 2.89. The van der Waals surface area contributed by atoms with Crippen LogP contribution < -0.4 is 10.1 Å². The van der Waals surface area contributed by atoms with Gasteiger partial charge in [-0.1, -0.05) is 18.2 Å². The second-order valence-corrected chi connectivity index (χ2v) is 8.83. The summed E-state index contributed by atoms with van der Waals surface area (Å²) < 4.78 is 30.8. The quantitative estimate of drug-likeness (QED) is 0.757. The first kappa shape index (κ1) is 20.3. The molecule has 0 atom stereocenters. The summed E-state index contributed by atoms with van der Waals surface area (Å²) in [6.07, 6.45) is 6.44. The van der Waals surface area contributed by atoms with Gasteiger partial charge in [-0.05, 0) is 36.1 Å². The van der Waals surface area contributed by atoms with Gasteiger partial charge in [0.2, 0.25) is 15.9 Å². The predicted octanol–water partition coefficient (Wildman–Crippen LogP) is 1.53. The van der Waals surface area contributed by atoms with E-state index in [0.717, 1.165) is 23.1 Å². The van der Waals surface area contributed by atoms with Crippen molar-refractivity contribution in [3.8, 4) is 5.75 Å². The van der Waals surface area contributed by atoms with Crippen LogP contribution in [0.5, 0.6) is 5.75 Å². The van der Waals surface area contributed by atoms with Crippen LogP contribution >= 0.6 is 0 Å². The molecule has 0 saturated heterocycles. The van der Waals surface area contributed by atoms with E-state index in [4.69, 9.17) is 4.74 Å². The van der Waals surface area contributed by atoms with Gasteiger partial charge in [-0.15, -0.1) is 0 Å². The molecular formula is C20H25N3O4S. The molecule has 0 aliphatic carbocycles. The SMILES string of the molecule is CS(=O)(=O)N1CCOc2ccc(CCC(=O)NCCc3cccnc3)cc2C1. The van der Waals surface area contributed by atoms with Crippen LogP contribution in [0.3, 0.4) is 0 Å². The first-order chi connectivity index (χ1) is 13.4. The molecule has 0 spiro atoms. The Morgan fingerprint density at radius 3 is 2.86 bits per heavy atom. The van der Waals surface area contributed by atoms with Crippen molar-refractivity contribution in [2.75, 3.05) is 26.0 Å². The Labute approximate surface area is 165 Å². The highest BCUT2D eigenvalue weighted by molar-refractivity contribution is 7.88. The van der Waals surface area contributed by atoms with Crippen LogP contribution in [0, 0.1) is 0 Å². The molecule has 1 aromatic heterocycles. The zero-order chi connectivity index (χ0) is 20.0. The van der Waals surface area contributed by atoms with Gasteiger partial charge in [-0.2, -0.15) is 4.31 Å². The highest BCUT2D eigenvalue weighted by Crippen LogP contribution is 2.25. The third-order valence-electron chi connectivity index (χ3n) is 4.64. The maximum Gasteiger partial charge on any atom is 0.220 e. The number of pyridine rings is 1. The molecule has 2 heterocycles. The summed E-state index contributed by atoms with van der Waals surface area (Å²) in [7, 11) is -3.28. The number of nitrogens with zero attached hydrogens (tertiary/aromatic N) is 2. The Kier molecular flexibility index (Phi) is 6.64. The number of aromatic nitrogens is 1. The molecule has 7 nitrogen and oxygen atoms in total. The number of sulfonamides is 1. The number of hydrogen-bond donors (Lipinski definition) is 1. The van der Waals surface area contributed by atoms with Crippen molar-refractivity contribution >= 4 is 15.9 Å². The van der Waals surface area contributed by atoms with Gasteiger partial charge in [0.05, 0.1) is 6.26 Å². The summed E-state index contributed by atoms with van der Waals surface area (Å²) in [6.45, 7) is 1.53. The van der Waals surface area contributed by atoms with Gasteiger partial charge in [-0.25, -0.2) is 8.42 Å². The molecule has 0 fully saturated rings. The van der Waals surface area contributed by atoms with Crippen LogP contribution in [-0.4, -0.2) is 49.6 Å². The normalized spacial score (nSPS) is 14.6. The molecule has 1 aromatic carbocycles. The predicted molar refractivity (Wildman–Crippen MR) is 106 cm³/mol. The van der Waals surface area contributed by atoms with Crippen LogP contribution in [-0.2, 0) is 34.2 Å². The van der Waals surface area contributed by atoms with Crippen molar-refractivity contribution in [3.05, 3.63) is 59.4 Å². The van der Waals surface area contributed by atoms with E-state index >= 15 is 0 Å². The fourth-order valence-electron chi connectivity index (χ4n) is 3.10. The molecule has 0 unspecified atom stereocenters. The van der Waals surface area contributed by atoms with E-state index in [-0.39, 0.29) is 5.91 Å². The van der Waals surface area contributed by atoms with E-state index in [1.54, 1.807) is 12.4 Å². The standard InChI is InChI=1S/C20H25N3O4S/c1-28(25,26)23-11-12-27-19-6-4-16(13-18(19)15-23)5-7-20(24)22-10-8-17-3-2-9-21-14-17/h2-4,6,9,13-14H,5,7-8,10-12,15H2,1H3,(H,22,24). The van der Waals surface area contributed by atoms with E-state index in [9.17, 15) is 13.2 Å². The van der Waals surface area contributed by atoms with Crippen molar-refractivity contribution in [2.45, 2.75) is 25.8 Å². The number of fused-ring (bicyclic) bond motifs is 1. The van der Waals surface area contributed by atoms with Gasteiger partial charge in [0.15, 0.2) is 0 Å². The van der Waals surface area contributed by atoms with E-state index in [1.807, 2.05) is 30.3 Å². The van der Waals surface area contributed by atoms with Crippen molar-refractivity contribution < 1.29 is 17.9 Å². The molecule has 0 bridgehead atoms.